The molecule has 1 aromatic rings. The number of nitriles is 1. The van der Waals surface area contributed by atoms with E-state index in [4.69, 9.17) is 0 Å². The lowest BCUT2D eigenvalue weighted by Crippen LogP contribution is -2.47. The summed E-state index contributed by atoms with van der Waals surface area (Å²) in [4.78, 5) is 4.39. The van der Waals surface area contributed by atoms with Crippen LogP contribution in [0.4, 0.5) is 0 Å². The molecule has 1 aliphatic carbocycles. The molecule has 1 heterocycles. The van der Waals surface area contributed by atoms with Crippen molar-refractivity contribution in [2.24, 2.45) is 0 Å². The summed E-state index contributed by atoms with van der Waals surface area (Å²) in [5.74, 6) is 1.13. The Morgan fingerprint density at radius 2 is 2.44 bits per heavy atom. The van der Waals surface area contributed by atoms with Crippen molar-refractivity contribution >= 4 is 0 Å². The van der Waals surface area contributed by atoms with E-state index in [1.54, 1.807) is 0 Å². The van der Waals surface area contributed by atoms with E-state index in [2.05, 4.69) is 41.0 Å². The Bertz CT molecular complexity index is 427. The maximum absolute atomic E-state index is 9.48. The van der Waals surface area contributed by atoms with Crippen molar-refractivity contribution in [3.8, 4) is 6.07 Å². The average Bonchev–Trinajstić information content (AvgIpc) is 2.87. The number of imidazole rings is 1. The minimum atomic E-state index is -0.340. The summed E-state index contributed by atoms with van der Waals surface area (Å²) in [6, 6.07) is 2.91. The highest BCUT2D eigenvalue weighted by Crippen LogP contribution is 2.35. The first-order valence-electron chi connectivity index (χ1n) is 6.92. The second-order valence-corrected chi connectivity index (χ2v) is 5.08. The molecule has 1 aliphatic rings. The minimum absolute atomic E-state index is 0.340. The summed E-state index contributed by atoms with van der Waals surface area (Å²) in [5, 5.41) is 12.9. The Hall–Kier alpha value is -1.34. The molecule has 1 aromatic heterocycles. The van der Waals surface area contributed by atoms with Crippen LogP contribution in [0.2, 0.25) is 0 Å². The molecule has 98 valence electrons. The molecule has 4 heteroatoms. The predicted octanol–water partition coefficient (Wildman–Crippen LogP) is 2.43. The van der Waals surface area contributed by atoms with Gasteiger partial charge in [-0.05, 0) is 32.2 Å². The molecule has 0 radical (unpaired) electrons. The smallest absolute Gasteiger partial charge is 0.108 e. The van der Waals surface area contributed by atoms with E-state index < -0.39 is 0 Å². The normalized spacial score (nSPS) is 27.9. The predicted molar refractivity (Wildman–Crippen MR) is 71.1 cm³/mol. The number of nitrogens with one attached hydrogen (secondary N) is 1. The van der Waals surface area contributed by atoms with E-state index >= 15 is 0 Å². The van der Waals surface area contributed by atoms with E-state index in [1.807, 2.05) is 6.20 Å². The van der Waals surface area contributed by atoms with Crippen LogP contribution in [-0.4, -0.2) is 21.6 Å². The number of aryl methyl sites for hydroxylation is 1. The van der Waals surface area contributed by atoms with Gasteiger partial charge in [0.1, 0.15) is 11.4 Å². The van der Waals surface area contributed by atoms with Crippen molar-refractivity contribution in [3.63, 3.8) is 0 Å². The maximum atomic E-state index is 9.48. The highest BCUT2D eigenvalue weighted by Gasteiger charge is 2.36. The molecule has 4 nitrogen and oxygen atoms in total. The standard InChI is InChI=1S/C14H22N4/c1-3-13-16-8-9-18(13)12-6-5-7-14(10-12,11-15)17-4-2/h8-9,12,17H,3-7,10H2,1-2H3. The second-order valence-electron chi connectivity index (χ2n) is 5.08. The van der Waals surface area contributed by atoms with Crippen molar-refractivity contribution < 1.29 is 0 Å². The molecule has 2 unspecified atom stereocenters. The first kappa shape index (κ1) is 13.1. The summed E-state index contributed by atoms with van der Waals surface area (Å²) in [6.45, 7) is 5.05. The van der Waals surface area contributed by atoms with Crippen LogP contribution < -0.4 is 5.32 Å². The number of nitrogens with zero attached hydrogens (tertiary/aromatic N) is 3. The average molecular weight is 246 g/mol. The van der Waals surface area contributed by atoms with Gasteiger partial charge in [-0.3, -0.25) is 5.32 Å². The third-order valence-electron chi connectivity index (χ3n) is 3.91. The number of rotatable bonds is 4. The topological polar surface area (TPSA) is 53.6 Å². The molecule has 0 aliphatic heterocycles. The van der Waals surface area contributed by atoms with Crippen LogP contribution in [0.15, 0.2) is 12.4 Å². The summed E-state index contributed by atoms with van der Waals surface area (Å²) in [7, 11) is 0. The molecule has 1 saturated carbocycles. The van der Waals surface area contributed by atoms with Gasteiger partial charge in [-0.15, -0.1) is 0 Å². The van der Waals surface area contributed by atoms with Crippen molar-refractivity contribution in [1.82, 2.24) is 14.9 Å². The Morgan fingerprint density at radius 3 is 3.11 bits per heavy atom. The van der Waals surface area contributed by atoms with E-state index in [9.17, 15) is 5.26 Å². The Labute approximate surface area is 109 Å². The highest BCUT2D eigenvalue weighted by atomic mass is 15.1. The third kappa shape index (κ3) is 2.41. The molecular formula is C14H22N4. The quantitative estimate of drug-likeness (QED) is 0.887. The Kier molecular flexibility index (Phi) is 4.03. The molecule has 1 fully saturated rings. The van der Waals surface area contributed by atoms with E-state index in [1.165, 1.54) is 0 Å². The zero-order chi connectivity index (χ0) is 13.0. The van der Waals surface area contributed by atoms with Crippen LogP contribution in [0.5, 0.6) is 0 Å². The van der Waals surface area contributed by atoms with Gasteiger partial charge in [-0.1, -0.05) is 13.8 Å². The molecule has 0 spiro atoms. The van der Waals surface area contributed by atoms with Crippen molar-refractivity contribution in [3.05, 3.63) is 18.2 Å². The van der Waals surface area contributed by atoms with Crippen LogP contribution in [-0.2, 0) is 6.42 Å². The Morgan fingerprint density at radius 1 is 1.61 bits per heavy atom. The van der Waals surface area contributed by atoms with Gasteiger partial charge in [0.05, 0.1) is 6.07 Å². The van der Waals surface area contributed by atoms with Gasteiger partial charge < -0.3 is 4.57 Å². The van der Waals surface area contributed by atoms with Crippen LogP contribution in [0.25, 0.3) is 0 Å². The van der Waals surface area contributed by atoms with Gasteiger partial charge in [0.15, 0.2) is 0 Å². The van der Waals surface area contributed by atoms with Crippen LogP contribution in [0, 0.1) is 11.3 Å². The fourth-order valence-electron chi connectivity index (χ4n) is 3.07. The van der Waals surface area contributed by atoms with Crippen molar-refractivity contribution in [1.29, 1.82) is 5.26 Å². The molecule has 0 saturated heterocycles. The van der Waals surface area contributed by atoms with Crippen LogP contribution in [0.1, 0.15) is 51.4 Å². The first-order chi connectivity index (χ1) is 8.74. The fourth-order valence-corrected chi connectivity index (χ4v) is 3.07. The number of hydrogen-bond acceptors (Lipinski definition) is 3. The van der Waals surface area contributed by atoms with Gasteiger partial charge in [0.2, 0.25) is 0 Å². The summed E-state index contributed by atoms with van der Waals surface area (Å²) in [6.07, 6.45) is 8.98. The lowest BCUT2D eigenvalue weighted by molar-refractivity contribution is 0.231. The third-order valence-corrected chi connectivity index (χ3v) is 3.91. The molecule has 0 aromatic carbocycles. The van der Waals surface area contributed by atoms with Crippen molar-refractivity contribution in [2.45, 2.75) is 57.5 Å². The van der Waals surface area contributed by atoms with Crippen molar-refractivity contribution in [2.75, 3.05) is 6.54 Å². The maximum Gasteiger partial charge on any atom is 0.108 e. The largest absolute Gasteiger partial charge is 0.332 e. The molecule has 18 heavy (non-hydrogen) atoms. The summed E-state index contributed by atoms with van der Waals surface area (Å²) < 4.78 is 2.27. The van der Waals surface area contributed by atoms with Crippen LogP contribution >= 0.6 is 0 Å². The fraction of sp³-hybridized carbons (Fsp3) is 0.714. The molecule has 2 rings (SSSR count). The van der Waals surface area contributed by atoms with Gasteiger partial charge in [0, 0.05) is 24.9 Å². The number of hydrogen-bond donors (Lipinski definition) is 1. The molecule has 1 N–H and O–H groups in total. The second kappa shape index (κ2) is 5.53. The monoisotopic (exact) mass is 246 g/mol. The Balaban J connectivity index is 2.18. The van der Waals surface area contributed by atoms with E-state index in [0.717, 1.165) is 44.5 Å². The summed E-state index contributed by atoms with van der Waals surface area (Å²) >= 11 is 0. The molecular weight excluding hydrogens is 224 g/mol. The highest BCUT2D eigenvalue weighted by molar-refractivity contribution is 5.11. The molecule has 2 atom stereocenters. The lowest BCUT2D eigenvalue weighted by Gasteiger charge is -2.37. The molecule has 0 amide bonds. The van der Waals surface area contributed by atoms with Gasteiger partial charge in [-0.2, -0.15) is 5.26 Å². The van der Waals surface area contributed by atoms with Gasteiger partial charge in [-0.25, -0.2) is 4.98 Å². The van der Waals surface area contributed by atoms with E-state index in [0.29, 0.717) is 6.04 Å². The SMILES string of the molecule is CCNC1(C#N)CCCC(n2ccnc2CC)C1. The number of aromatic nitrogens is 2. The van der Waals surface area contributed by atoms with E-state index in [-0.39, 0.29) is 5.54 Å². The zero-order valence-corrected chi connectivity index (χ0v) is 11.3. The lowest BCUT2D eigenvalue weighted by atomic mass is 9.79. The van der Waals surface area contributed by atoms with Gasteiger partial charge in [0.25, 0.3) is 0 Å². The minimum Gasteiger partial charge on any atom is -0.332 e. The van der Waals surface area contributed by atoms with Crippen LogP contribution in [0.3, 0.4) is 0 Å². The van der Waals surface area contributed by atoms with Gasteiger partial charge >= 0.3 is 0 Å². The zero-order valence-electron chi connectivity index (χ0n) is 11.3. The molecule has 0 bridgehead atoms. The summed E-state index contributed by atoms with van der Waals surface area (Å²) in [5.41, 5.74) is -0.340. The first-order valence-corrected chi connectivity index (χ1v) is 6.92.